The molecule has 0 aliphatic carbocycles. The molecule has 1 heterocycles. The van der Waals surface area contributed by atoms with Gasteiger partial charge in [-0.05, 0) is 49.4 Å². The fraction of sp³-hybridized carbons (Fsp3) is 0.667. The molecular weight excluding hydrogens is 260 g/mol. The summed E-state index contributed by atoms with van der Waals surface area (Å²) in [7, 11) is 0. The highest BCUT2D eigenvalue weighted by atomic mass is 16.5. The molecule has 0 amide bonds. The van der Waals surface area contributed by atoms with Gasteiger partial charge in [0.15, 0.2) is 0 Å². The van der Waals surface area contributed by atoms with Crippen molar-refractivity contribution in [3.63, 3.8) is 0 Å². The number of hydrogen-bond acceptors (Lipinski definition) is 3. The number of anilines is 1. The first-order valence-corrected chi connectivity index (χ1v) is 8.38. The monoisotopic (exact) mass is 290 g/mol. The molecule has 0 atom stereocenters. The molecule has 0 radical (unpaired) electrons. The third-order valence-electron chi connectivity index (χ3n) is 4.69. The summed E-state index contributed by atoms with van der Waals surface area (Å²) in [6.07, 6.45) is 4.54. The van der Waals surface area contributed by atoms with E-state index >= 15 is 0 Å². The van der Waals surface area contributed by atoms with Crippen molar-refractivity contribution >= 4 is 5.69 Å². The van der Waals surface area contributed by atoms with Gasteiger partial charge in [0.2, 0.25) is 0 Å². The summed E-state index contributed by atoms with van der Waals surface area (Å²) >= 11 is 0. The van der Waals surface area contributed by atoms with Gasteiger partial charge < -0.3 is 15.4 Å². The van der Waals surface area contributed by atoms with Gasteiger partial charge in [0.1, 0.15) is 5.75 Å². The predicted octanol–water partition coefficient (Wildman–Crippen LogP) is 3.74. The number of benzene rings is 1. The SMILES string of the molecule is CCC(CC)COc1ccc(N2CCC(N)CC2)cc1C. The van der Waals surface area contributed by atoms with Gasteiger partial charge in [-0.1, -0.05) is 26.7 Å². The lowest BCUT2D eigenvalue weighted by Gasteiger charge is -2.32. The average molecular weight is 290 g/mol. The zero-order valence-corrected chi connectivity index (χ0v) is 13.8. The Balaban J connectivity index is 1.97. The number of nitrogens with two attached hydrogens (primary N) is 1. The van der Waals surface area contributed by atoms with E-state index in [0.29, 0.717) is 12.0 Å². The summed E-state index contributed by atoms with van der Waals surface area (Å²) in [6.45, 7) is 9.55. The van der Waals surface area contributed by atoms with E-state index in [-0.39, 0.29) is 0 Å². The van der Waals surface area contributed by atoms with Crippen LogP contribution in [0.5, 0.6) is 5.75 Å². The van der Waals surface area contributed by atoms with E-state index < -0.39 is 0 Å². The maximum Gasteiger partial charge on any atom is 0.122 e. The van der Waals surface area contributed by atoms with Crippen LogP contribution in [0.15, 0.2) is 18.2 Å². The quantitative estimate of drug-likeness (QED) is 0.867. The Labute approximate surface area is 129 Å². The van der Waals surface area contributed by atoms with E-state index in [4.69, 9.17) is 10.5 Å². The van der Waals surface area contributed by atoms with Gasteiger partial charge in [-0.2, -0.15) is 0 Å². The molecular formula is C18H30N2O. The van der Waals surface area contributed by atoms with Crippen molar-refractivity contribution in [2.75, 3.05) is 24.6 Å². The molecule has 1 aliphatic rings. The van der Waals surface area contributed by atoms with Gasteiger partial charge in [0, 0.05) is 24.8 Å². The summed E-state index contributed by atoms with van der Waals surface area (Å²) in [6, 6.07) is 6.94. The van der Waals surface area contributed by atoms with E-state index in [1.54, 1.807) is 0 Å². The molecule has 21 heavy (non-hydrogen) atoms. The van der Waals surface area contributed by atoms with E-state index in [9.17, 15) is 0 Å². The van der Waals surface area contributed by atoms with E-state index in [1.165, 1.54) is 24.1 Å². The molecule has 2 N–H and O–H groups in total. The highest BCUT2D eigenvalue weighted by Crippen LogP contribution is 2.27. The number of piperidine rings is 1. The van der Waals surface area contributed by atoms with Crippen LogP contribution in [-0.2, 0) is 0 Å². The number of ether oxygens (including phenoxy) is 1. The molecule has 1 saturated heterocycles. The first kappa shape index (κ1) is 16.2. The van der Waals surface area contributed by atoms with Crippen LogP contribution in [0.1, 0.15) is 45.1 Å². The molecule has 1 aromatic carbocycles. The van der Waals surface area contributed by atoms with Crippen LogP contribution < -0.4 is 15.4 Å². The Hall–Kier alpha value is -1.22. The maximum absolute atomic E-state index is 6.00. The molecule has 0 bridgehead atoms. The van der Waals surface area contributed by atoms with Gasteiger partial charge in [0.25, 0.3) is 0 Å². The molecule has 2 rings (SSSR count). The molecule has 3 nitrogen and oxygen atoms in total. The Morgan fingerprint density at radius 1 is 1.24 bits per heavy atom. The molecule has 1 aliphatic heterocycles. The highest BCUT2D eigenvalue weighted by Gasteiger charge is 2.17. The van der Waals surface area contributed by atoms with Gasteiger partial charge in [-0.3, -0.25) is 0 Å². The van der Waals surface area contributed by atoms with Crippen molar-refractivity contribution in [1.29, 1.82) is 0 Å². The zero-order chi connectivity index (χ0) is 15.2. The molecule has 0 unspecified atom stereocenters. The average Bonchev–Trinajstić information content (AvgIpc) is 2.50. The summed E-state index contributed by atoms with van der Waals surface area (Å²) in [5.74, 6) is 1.69. The van der Waals surface area contributed by atoms with Crippen molar-refractivity contribution in [2.45, 2.75) is 52.5 Å². The van der Waals surface area contributed by atoms with Crippen molar-refractivity contribution in [2.24, 2.45) is 11.7 Å². The smallest absolute Gasteiger partial charge is 0.122 e. The predicted molar refractivity (Wildman–Crippen MR) is 90.2 cm³/mol. The standard InChI is InChI=1S/C18H30N2O/c1-4-15(5-2)13-21-18-7-6-17(12-14(18)3)20-10-8-16(19)9-11-20/h6-7,12,15-16H,4-5,8-11,13,19H2,1-3H3. The Morgan fingerprint density at radius 3 is 2.48 bits per heavy atom. The lowest BCUT2D eigenvalue weighted by atomic mass is 10.0. The molecule has 1 aromatic rings. The lowest BCUT2D eigenvalue weighted by Crippen LogP contribution is -2.39. The molecule has 118 valence electrons. The van der Waals surface area contributed by atoms with Gasteiger partial charge >= 0.3 is 0 Å². The van der Waals surface area contributed by atoms with Crippen molar-refractivity contribution in [1.82, 2.24) is 0 Å². The van der Waals surface area contributed by atoms with Crippen molar-refractivity contribution in [3.05, 3.63) is 23.8 Å². The van der Waals surface area contributed by atoms with Crippen LogP contribution >= 0.6 is 0 Å². The molecule has 3 heteroatoms. The third kappa shape index (κ3) is 4.37. The van der Waals surface area contributed by atoms with Crippen LogP contribution in [0.4, 0.5) is 5.69 Å². The largest absolute Gasteiger partial charge is 0.493 e. The van der Waals surface area contributed by atoms with E-state index in [0.717, 1.165) is 38.3 Å². The highest BCUT2D eigenvalue weighted by molar-refractivity contribution is 5.53. The fourth-order valence-corrected chi connectivity index (χ4v) is 2.88. The minimum Gasteiger partial charge on any atom is -0.493 e. The summed E-state index contributed by atoms with van der Waals surface area (Å²) < 4.78 is 6.00. The Morgan fingerprint density at radius 2 is 1.90 bits per heavy atom. The van der Waals surface area contributed by atoms with Crippen LogP contribution in [0.2, 0.25) is 0 Å². The second kappa shape index (κ2) is 7.69. The second-order valence-corrected chi connectivity index (χ2v) is 6.27. The summed E-state index contributed by atoms with van der Waals surface area (Å²) in [5.41, 5.74) is 8.51. The van der Waals surface area contributed by atoms with Gasteiger partial charge in [-0.15, -0.1) is 0 Å². The normalized spacial score (nSPS) is 16.5. The third-order valence-corrected chi connectivity index (χ3v) is 4.69. The Bertz CT molecular complexity index is 435. The number of nitrogens with zero attached hydrogens (tertiary/aromatic N) is 1. The number of rotatable bonds is 6. The lowest BCUT2D eigenvalue weighted by molar-refractivity contribution is 0.239. The van der Waals surface area contributed by atoms with Crippen molar-refractivity contribution < 1.29 is 4.74 Å². The van der Waals surface area contributed by atoms with Crippen LogP contribution in [0.25, 0.3) is 0 Å². The topological polar surface area (TPSA) is 38.5 Å². The molecule has 0 saturated carbocycles. The first-order chi connectivity index (χ1) is 10.1. The van der Waals surface area contributed by atoms with Crippen LogP contribution in [-0.4, -0.2) is 25.7 Å². The summed E-state index contributed by atoms with van der Waals surface area (Å²) in [5, 5.41) is 0. The fourth-order valence-electron chi connectivity index (χ4n) is 2.88. The molecule has 1 fully saturated rings. The minimum atomic E-state index is 0.380. The van der Waals surface area contributed by atoms with Gasteiger partial charge in [-0.25, -0.2) is 0 Å². The first-order valence-electron chi connectivity index (χ1n) is 8.38. The zero-order valence-electron chi connectivity index (χ0n) is 13.8. The number of hydrogen-bond donors (Lipinski definition) is 1. The molecule has 0 spiro atoms. The van der Waals surface area contributed by atoms with Crippen LogP contribution in [0.3, 0.4) is 0 Å². The number of aryl methyl sites for hydroxylation is 1. The maximum atomic E-state index is 6.00. The van der Waals surface area contributed by atoms with Crippen LogP contribution in [0, 0.1) is 12.8 Å². The van der Waals surface area contributed by atoms with Crippen molar-refractivity contribution in [3.8, 4) is 5.75 Å². The van der Waals surface area contributed by atoms with E-state index in [1.807, 2.05) is 0 Å². The Kier molecular flexibility index (Phi) is 5.92. The molecule has 0 aromatic heterocycles. The van der Waals surface area contributed by atoms with E-state index in [2.05, 4.69) is 43.9 Å². The summed E-state index contributed by atoms with van der Waals surface area (Å²) in [4.78, 5) is 2.43. The minimum absolute atomic E-state index is 0.380. The van der Waals surface area contributed by atoms with Gasteiger partial charge in [0.05, 0.1) is 6.61 Å². The second-order valence-electron chi connectivity index (χ2n) is 6.27.